The number of ether oxygens (including phenoxy) is 1. The maximum absolute atomic E-state index is 6.07. The van der Waals surface area contributed by atoms with Crippen LogP contribution in [0.25, 0.3) is 22.5 Å². The summed E-state index contributed by atoms with van der Waals surface area (Å²) in [5.74, 6) is 1.21. The van der Waals surface area contributed by atoms with Crippen molar-refractivity contribution < 1.29 is 13.8 Å². The summed E-state index contributed by atoms with van der Waals surface area (Å²) >= 11 is 9.48. The van der Waals surface area contributed by atoms with Gasteiger partial charge in [0.15, 0.2) is 11.5 Å². The number of hydrogen-bond acceptors (Lipinski definition) is 6. The molecule has 0 aliphatic carbocycles. The lowest BCUT2D eigenvalue weighted by Crippen LogP contribution is -1.91. The highest BCUT2D eigenvalue weighted by Crippen LogP contribution is 2.26. The van der Waals surface area contributed by atoms with Crippen LogP contribution < -0.4 is 0 Å². The van der Waals surface area contributed by atoms with Gasteiger partial charge in [-0.15, -0.1) is 0 Å². The monoisotopic (exact) mass is 445 g/mol. The van der Waals surface area contributed by atoms with Crippen molar-refractivity contribution in [2.45, 2.75) is 13.2 Å². The van der Waals surface area contributed by atoms with Crippen molar-refractivity contribution in [2.24, 2.45) is 0 Å². The Labute approximate surface area is 168 Å². The zero-order valence-corrected chi connectivity index (χ0v) is 16.3. The highest BCUT2D eigenvalue weighted by Gasteiger charge is 2.11. The number of rotatable bonds is 6. The summed E-state index contributed by atoms with van der Waals surface area (Å²) in [7, 11) is 0. The van der Waals surface area contributed by atoms with E-state index in [4.69, 9.17) is 25.4 Å². The zero-order chi connectivity index (χ0) is 18.6. The standard InChI is InChI=1S/C19H13BrClN3O3/c20-13-5-3-12(4-6-13)17-8-14(26-23-17)10-25-11-15-9-18(24-27-15)16-2-1-7-22-19(16)21/h1-9H,10-11H2. The fraction of sp³-hybridized carbons (Fsp3) is 0.105. The van der Waals surface area contributed by atoms with Gasteiger partial charge in [-0.2, -0.15) is 0 Å². The third-order valence-corrected chi connectivity index (χ3v) is 4.61. The van der Waals surface area contributed by atoms with Gasteiger partial charge in [0, 0.05) is 33.9 Å². The first kappa shape index (κ1) is 17.9. The van der Waals surface area contributed by atoms with E-state index in [1.807, 2.05) is 36.4 Å². The van der Waals surface area contributed by atoms with Gasteiger partial charge < -0.3 is 13.8 Å². The molecular weight excluding hydrogens is 434 g/mol. The lowest BCUT2D eigenvalue weighted by molar-refractivity contribution is 0.0727. The SMILES string of the molecule is Clc1ncccc1-c1cc(COCc2cc(-c3ccc(Br)cc3)no2)on1. The first-order chi connectivity index (χ1) is 13.2. The van der Waals surface area contributed by atoms with Gasteiger partial charge in [0.2, 0.25) is 0 Å². The Hall–Kier alpha value is -2.48. The second kappa shape index (κ2) is 8.04. The van der Waals surface area contributed by atoms with Crippen LogP contribution >= 0.6 is 27.5 Å². The van der Waals surface area contributed by atoms with Crippen LogP contribution in [0.5, 0.6) is 0 Å². The van der Waals surface area contributed by atoms with E-state index in [0.29, 0.717) is 27.9 Å². The molecule has 27 heavy (non-hydrogen) atoms. The topological polar surface area (TPSA) is 74.2 Å². The molecule has 0 atom stereocenters. The molecule has 0 unspecified atom stereocenters. The van der Waals surface area contributed by atoms with Crippen LogP contribution in [0.1, 0.15) is 11.5 Å². The molecule has 0 radical (unpaired) electrons. The smallest absolute Gasteiger partial charge is 0.163 e. The average molecular weight is 447 g/mol. The summed E-state index contributed by atoms with van der Waals surface area (Å²) in [5, 5.41) is 8.45. The minimum Gasteiger partial charge on any atom is -0.365 e. The maximum atomic E-state index is 6.07. The lowest BCUT2D eigenvalue weighted by Gasteiger charge is -1.97. The van der Waals surface area contributed by atoms with Gasteiger partial charge >= 0.3 is 0 Å². The van der Waals surface area contributed by atoms with E-state index in [1.54, 1.807) is 18.3 Å². The highest BCUT2D eigenvalue weighted by molar-refractivity contribution is 9.10. The predicted octanol–water partition coefficient (Wildman–Crippen LogP) is 5.52. The van der Waals surface area contributed by atoms with Gasteiger partial charge in [0.1, 0.15) is 29.8 Å². The van der Waals surface area contributed by atoms with Crippen LogP contribution in [0.3, 0.4) is 0 Å². The molecule has 0 aliphatic heterocycles. The Morgan fingerprint density at radius 3 is 2.30 bits per heavy atom. The third kappa shape index (κ3) is 4.27. The molecule has 6 nitrogen and oxygen atoms in total. The second-order valence-corrected chi connectivity index (χ2v) is 6.97. The molecule has 136 valence electrons. The number of halogens is 2. The van der Waals surface area contributed by atoms with Crippen LogP contribution in [-0.4, -0.2) is 15.3 Å². The molecule has 4 rings (SSSR count). The summed E-state index contributed by atoms with van der Waals surface area (Å²) in [6, 6.07) is 15.1. The molecule has 3 heterocycles. The third-order valence-electron chi connectivity index (χ3n) is 3.78. The summed E-state index contributed by atoms with van der Waals surface area (Å²) < 4.78 is 17.2. The number of pyridine rings is 1. The van der Waals surface area contributed by atoms with Crippen molar-refractivity contribution in [1.82, 2.24) is 15.3 Å². The molecule has 0 amide bonds. The van der Waals surface area contributed by atoms with Crippen molar-refractivity contribution >= 4 is 27.5 Å². The second-order valence-electron chi connectivity index (χ2n) is 5.70. The van der Waals surface area contributed by atoms with Gasteiger partial charge in [0.25, 0.3) is 0 Å². The molecule has 0 saturated carbocycles. The first-order valence-corrected chi connectivity index (χ1v) is 9.22. The van der Waals surface area contributed by atoms with E-state index in [9.17, 15) is 0 Å². The van der Waals surface area contributed by atoms with Gasteiger partial charge in [-0.05, 0) is 24.3 Å². The number of aromatic nitrogens is 3. The van der Waals surface area contributed by atoms with Crippen molar-refractivity contribution in [3.63, 3.8) is 0 Å². The zero-order valence-electron chi connectivity index (χ0n) is 13.9. The van der Waals surface area contributed by atoms with Crippen LogP contribution in [0.15, 0.2) is 68.2 Å². The minimum atomic E-state index is 0.249. The quantitative estimate of drug-likeness (QED) is 0.363. The highest BCUT2D eigenvalue weighted by atomic mass is 79.9. The Balaban J connectivity index is 1.35. The molecular formula is C19H13BrClN3O3. The number of benzene rings is 1. The lowest BCUT2D eigenvalue weighted by atomic mass is 10.1. The first-order valence-electron chi connectivity index (χ1n) is 8.05. The molecule has 0 bridgehead atoms. The largest absolute Gasteiger partial charge is 0.365 e. The van der Waals surface area contributed by atoms with Gasteiger partial charge in [-0.1, -0.05) is 50.0 Å². The van der Waals surface area contributed by atoms with Crippen molar-refractivity contribution in [2.75, 3.05) is 0 Å². The van der Waals surface area contributed by atoms with Crippen molar-refractivity contribution in [3.05, 3.63) is 75.9 Å². The number of nitrogens with zero attached hydrogens (tertiary/aromatic N) is 3. The normalized spacial score (nSPS) is 11.0. The van der Waals surface area contributed by atoms with Gasteiger partial charge in [0.05, 0.1) is 0 Å². The van der Waals surface area contributed by atoms with E-state index < -0.39 is 0 Å². The van der Waals surface area contributed by atoms with Gasteiger partial charge in [-0.3, -0.25) is 0 Å². The Bertz CT molecular complexity index is 1050. The molecule has 0 saturated heterocycles. The summed E-state index contributed by atoms with van der Waals surface area (Å²) in [6.45, 7) is 0.520. The van der Waals surface area contributed by atoms with Crippen LogP contribution in [0, 0.1) is 0 Å². The molecule has 0 aliphatic rings. The Kier molecular flexibility index (Phi) is 5.33. The van der Waals surface area contributed by atoms with Crippen LogP contribution in [-0.2, 0) is 18.0 Å². The fourth-order valence-electron chi connectivity index (χ4n) is 2.47. The number of hydrogen-bond donors (Lipinski definition) is 0. The predicted molar refractivity (Wildman–Crippen MR) is 103 cm³/mol. The molecule has 0 fully saturated rings. The van der Waals surface area contributed by atoms with E-state index >= 15 is 0 Å². The Morgan fingerprint density at radius 1 is 0.926 bits per heavy atom. The molecule has 4 aromatic rings. The van der Waals surface area contributed by atoms with Gasteiger partial charge in [-0.25, -0.2) is 4.98 Å². The summed E-state index contributed by atoms with van der Waals surface area (Å²) in [4.78, 5) is 4.03. The van der Waals surface area contributed by atoms with E-state index in [2.05, 4.69) is 31.2 Å². The van der Waals surface area contributed by atoms with Crippen LogP contribution in [0.4, 0.5) is 0 Å². The molecule has 0 N–H and O–H groups in total. The van der Waals surface area contributed by atoms with E-state index in [1.165, 1.54) is 0 Å². The van der Waals surface area contributed by atoms with E-state index in [-0.39, 0.29) is 13.2 Å². The molecule has 3 aromatic heterocycles. The maximum Gasteiger partial charge on any atom is 0.163 e. The molecule has 8 heteroatoms. The van der Waals surface area contributed by atoms with Crippen LogP contribution in [0.2, 0.25) is 5.15 Å². The van der Waals surface area contributed by atoms with Crippen molar-refractivity contribution in [1.29, 1.82) is 0 Å². The fourth-order valence-corrected chi connectivity index (χ4v) is 2.96. The molecule has 1 aromatic carbocycles. The average Bonchev–Trinajstić information content (AvgIpc) is 3.33. The van der Waals surface area contributed by atoms with Crippen molar-refractivity contribution in [3.8, 4) is 22.5 Å². The minimum absolute atomic E-state index is 0.249. The summed E-state index contributed by atoms with van der Waals surface area (Å²) in [6.07, 6.45) is 1.62. The molecule has 0 spiro atoms. The van der Waals surface area contributed by atoms with E-state index in [0.717, 1.165) is 15.7 Å². The summed E-state index contributed by atoms with van der Waals surface area (Å²) in [5.41, 5.74) is 3.06. The Morgan fingerprint density at radius 2 is 1.59 bits per heavy atom.